The predicted octanol–water partition coefficient (Wildman–Crippen LogP) is 5.52. The van der Waals surface area contributed by atoms with Crippen molar-refractivity contribution in [1.29, 1.82) is 0 Å². The number of benzene rings is 2. The Morgan fingerprint density at radius 2 is 1.66 bits per heavy atom. The van der Waals surface area contributed by atoms with Gasteiger partial charge in [-0.3, -0.25) is 5.32 Å². The lowest BCUT2D eigenvalue weighted by Gasteiger charge is -2.39. The largest absolute Gasteiger partial charge is 0.438 e. The SMILES string of the molecule is CCS(=O)(=O)c1ccc(NC(=O)OC(C)(c2ccccc2)C2CCCCC2)cc1. The van der Waals surface area contributed by atoms with E-state index in [-0.39, 0.29) is 16.6 Å². The zero-order chi connectivity index (χ0) is 20.9. The summed E-state index contributed by atoms with van der Waals surface area (Å²) in [5.74, 6) is 0.306. The van der Waals surface area contributed by atoms with Crippen molar-refractivity contribution in [3.05, 3.63) is 60.2 Å². The number of hydrogen-bond acceptors (Lipinski definition) is 4. The second kappa shape index (κ2) is 8.99. The van der Waals surface area contributed by atoms with E-state index in [9.17, 15) is 13.2 Å². The summed E-state index contributed by atoms with van der Waals surface area (Å²) in [6, 6.07) is 16.1. The third kappa shape index (κ3) is 4.99. The van der Waals surface area contributed by atoms with Crippen LogP contribution >= 0.6 is 0 Å². The fourth-order valence-electron chi connectivity index (χ4n) is 4.05. The molecule has 0 aliphatic heterocycles. The highest BCUT2D eigenvalue weighted by Gasteiger charge is 2.40. The van der Waals surface area contributed by atoms with Gasteiger partial charge in [0.25, 0.3) is 0 Å². The van der Waals surface area contributed by atoms with E-state index in [0.717, 1.165) is 31.2 Å². The van der Waals surface area contributed by atoms with Gasteiger partial charge in [-0.1, -0.05) is 56.5 Å². The van der Waals surface area contributed by atoms with Crippen LogP contribution in [0.4, 0.5) is 10.5 Å². The molecule has 2 aromatic rings. The molecule has 1 saturated carbocycles. The summed E-state index contributed by atoms with van der Waals surface area (Å²) < 4.78 is 29.9. The molecule has 3 rings (SSSR count). The van der Waals surface area contributed by atoms with Gasteiger partial charge in [-0.25, -0.2) is 13.2 Å². The normalized spacial score (nSPS) is 17.3. The highest BCUT2D eigenvalue weighted by atomic mass is 32.2. The molecule has 5 nitrogen and oxygen atoms in total. The summed E-state index contributed by atoms with van der Waals surface area (Å²) in [5.41, 5.74) is 0.785. The van der Waals surface area contributed by atoms with Gasteiger partial charge in [0.1, 0.15) is 5.60 Å². The number of carbonyl (C=O) groups excluding carboxylic acids is 1. The number of anilines is 1. The highest BCUT2D eigenvalue weighted by Crippen LogP contribution is 2.42. The molecule has 2 aromatic carbocycles. The molecule has 1 aliphatic carbocycles. The molecule has 0 radical (unpaired) electrons. The van der Waals surface area contributed by atoms with E-state index in [4.69, 9.17) is 4.74 Å². The van der Waals surface area contributed by atoms with Gasteiger partial charge in [0.15, 0.2) is 9.84 Å². The molecule has 0 saturated heterocycles. The average Bonchev–Trinajstić information content (AvgIpc) is 2.75. The standard InChI is InChI=1S/C23H29NO4S/c1-3-29(26,27)21-16-14-20(15-17-21)24-22(25)28-23(2,18-10-6-4-7-11-18)19-12-8-5-9-13-19/h4,6-7,10-11,14-17,19H,3,5,8-9,12-13H2,1-2H3,(H,24,25). The van der Waals surface area contributed by atoms with E-state index in [1.54, 1.807) is 19.1 Å². The first kappa shape index (κ1) is 21.4. The molecule has 0 bridgehead atoms. The zero-order valence-corrected chi connectivity index (χ0v) is 17.9. The van der Waals surface area contributed by atoms with Gasteiger partial charge in [-0.05, 0) is 49.6 Å². The highest BCUT2D eigenvalue weighted by molar-refractivity contribution is 7.91. The van der Waals surface area contributed by atoms with Crippen LogP contribution in [0.1, 0.15) is 51.5 Å². The van der Waals surface area contributed by atoms with E-state index in [0.29, 0.717) is 5.69 Å². The number of rotatable bonds is 6. The molecule has 0 heterocycles. The molecule has 29 heavy (non-hydrogen) atoms. The van der Waals surface area contributed by atoms with Crippen molar-refractivity contribution in [3.8, 4) is 0 Å². The number of amides is 1. The first-order valence-electron chi connectivity index (χ1n) is 10.2. The maximum absolute atomic E-state index is 12.7. The molecule has 0 aromatic heterocycles. The minimum absolute atomic E-state index is 0.0403. The lowest BCUT2D eigenvalue weighted by atomic mass is 9.74. The van der Waals surface area contributed by atoms with Gasteiger partial charge in [0.2, 0.25) is 0 Å². The molecule has 0 spiro atoms. The monoisotopic (exact) mass is 415 g/mol. The smallest absolute Gasteiger partial charge is 0.412 e. The molecule has 1 fully saturated rings. The summed E-state index contributed by atoms with van der Waals surface area (Å²) in [6.45, 7) is 3.60. The third-order valence-electron chi connectivity index (χ3n) is 5.88. The Balaban J connectivity index is 1.77. The molecule has 1 amide bonds. The Morgan fingerprint density at radius 1 is 1.03 bits per heavy atom. The summed E-state index contributed by atoms with van der Waals surface area (Å²) in [4.78, 5) is 13.0. The van der Waals surface area contributed by atoms with Crippen molar-refractivity contribution < 1.29 is 17.9 Å². The van der Waals surface area contributed by atoms with Gasteiger partial charge < -0.3 is 4.74 Å². The molecule has 1 N–H and O–H groups in total. The predicted molar refractivity (Wildman–Crippen MR) is 115 cm³/mol. The number of sulfone groups is 1. The second-order valence-electron chi connectivity index (χ2n) is 7.75. The van der Waals surface area contributed by atoms with E-state index >= 15 is 0 Å². The second-order valence-corrected chi connectivity index (χ2v) is 10.0. The fraction of sp³-hybridized carbons (Fsp3) is 0.435. The molecule has 1 unspecified atom stereocenters. The molecule has 1 aliphatic rings. The van der Waals surface area contributed by atoms with Crippen molar-refractivity contribution in [1.82, 2.24) is 0 Å². The van der Waals surface area contributed by atoms with Gasteiger partial charge in [0.05, 0.1) is 10.6 Å². The topological polar surface area (TPSA) is 72.5 Å². The summed E-state index contributed by atoms with van der Waals surface area (Å²) in [7, 11) is -3.27. The summed E-state index contributed by atoms with van der Waals surface area (Å²) in [5, 5.41) is 2.75. The Morgan fingerprint density at radius 3 is 2.24 bits per heavy atom. The van der Waals surface area contributed by atoms with Crippen LogP contribution < -0.4 is 5.32 Å². The average molecular weight is 416 g/mol. The third-order valence-corrected chi connectivity index (χ3v) is 7.63. The minimum Gasteiger partial charge on any atom is -0.438 e. The van der Waals surface area contributed by atoms with Gasteiger partial charge in [-0.2, -0.15) is 0 Å². The Kier molecular flexibility index (Phi) is 6.63. The number of ether oxygens (including phenoxy) is 1. The van der Waals surface area contributed by atoms with Gasteiger partial charge in [0, 0.05) is 11.6 Å². The van der Waals surface area contributed by atoms with Gasteiger partial charge in [-0.15, -0.1) is 0 Å². The minimum atomic E-state index is -3.27. The maximum atomic E-state index is 12.7. The van der Waals surface area contributed by atoms with Crippen molar-refractivity contribution in [3.63, 3.8) is 0 Å². The number of hydrogen-bond donors (Lipinski definition) is 1. The fourth-order valence-corrected chi connectivity index (χ4v) is 4.93. The van der Waals surface area contributed by atoms with Crippen LogP contribution in [0.5, 0.6) is 0 Å². The van der Waals surface area contributed by atoms with Crippen LogP contribution in [0.2, 0.25) is 0 Å². The molecule has 156 valence electrons. The van der Waals surface area contributed by atoms with Crippen LogP contribution in [0.15, 0.2) is 59.5 Å². The first-order valence-corrected chi connectivity index (χ1v) is 11.9. The number of carbonyl (C=O) groups is 1. The lowest BCUT2D eigenvalue weighted by molar-refractivity contribution is -0.0313. The van der Waals surface area contributed by atoms with E-state index in [1.807, 2.05) is 37.3 Å². The number of nitrogens with one attached hydrogen (secondary N) is 1. The Bertz CT molecular complexity index is 919. The summed E-state index contributed by atoms with van der Waals surface area (Å²) >= 11 is 0. The van der Waals surface area contributed by atoms with Gasteiger partial charge >= 0.3 is 6.09 Å². The Hall–Kier alpha value is -2.34. The van der Waals surface area contributed by atoms with Crippen LogP contribution in [0.3, 0.4) is 0 Å². The van der Waals surface area contributed by atoms with E-state index in [2.05, 4.69) is 5.32 Å². The quantitative estimate of drug-likeness (QED) is 0.674. The van der Waals surface area contributed by atoms with Crippen LogP contribution in [-0.2, 0) is 20.2 Å². The van der Waals surface area contributed by atoms with Crippen molar-refractivity contribution in [2.45, 2.75) is 56.4 Å². The molecule has 1 atom stereocenters. The van der Waals surface area contributed by atoms with Crippen LogP contribution in [0.25, 0.3) is 0 Å². The van der Waals surface area contributed by atoms with Crippen molar-refractivity contribution >= 4 is 21.6 Å². The van der Waals surface area contributed by atoms with E-state index < -0.39 is 21.5 Å². The van der Waals surface area contributed by atoms with E-state index in [1.165, 1.54) is 18.6 Å². The molecule has 6 heteroatoms. The van der Waals surface area contributed by atoms with Crippen LogP contribution in [0, 0.1) is 5.92 Å². The lowest BCUT2D eigenvalue weighted by Crippen LogP contribution is -2.39. The molecular formula is C23H29NO4S. The summed E-state index contributed by atoms with van der Waals surface area (Å²) in [6.07, 6.45) is 5.04. The Labute approximate surface area is 173 Å². The van der Waals surface area contributed by atoms with Crippen molar-refractivity contribution in [2.75, 3.05) is 11.1 Å². The van der Waals surface area contributed by atoms with Crippen molar-refractivity contribution in [2.24, 2.45) is 5.92 Å². The first-order chi connectivity index (χ1) is 13.8. The van der Waals surface area contributed by atoms with Crippen LogP contribution in [-0.4, -0.2) is 20.3 Å². The zero-order valence-electron chi connectivity index (χ0n) is 17.1. The maximum Gasteiger partial charge on any atom is 0.412 e. The molecular weight excluding hydrogens is 386 g/mol.